The van der Waals surface area contributed by atoms with E-state index >= 15 is 0 Å². The molecule has 1 unspecified atom stereocenters. The predicted molar refractivity (Wildman–Crippen MR) is 43.3 cm³/mol. The Labute approximate surface area is 73.1 Å². The van der Waals surface area contributed by atoms with Crippen molar-refractivity contribution in [2.75, 3.05) is 0 Å². The zero-order chi connectivity index (χ0) is 9.78. The van der Waals surface area contributed by atoms with Crippen molar-refractivity contribution in [3.8, 4) is 0 Å². The Morgan fingerprint density at radius 2 is 2.00 bits per heavy atom. The Kier molecular flexibility index (Phi) is 4.15. The van der Waals surface area contributed by atoms with Crippen molar-refractivity contribution < 1.29 is 18.3 Å². The molecule has 0 aromatic heterocycles. The van der Waals surface area contributed by atoms with Crippen LogP contribution in [0, 0.1) is 0 Å². The molecule has 0 aliphatic rings. The third-order valence-electron chi connectivity index (χ3n) is 0.639. The molecule has 3 N–H and O–H groups in total. The summed E-state index contributed by atoms with van der Waals surface area (Å²) in [6, 6.07) is 0. The lowest BCUT2D eigenvalue weighted by atomic mass is 10.2. The summed E-state index contributed by atoms with van der Waals surface area (Å²) in [5.74, 6) is 0. The molecule has 0 saturated carbocycles. The highest BCUT2D eigenvalue weighted by Crippen LogP contribution is 2.05. The lowest BCUT2D eigenvalue weighted by Crippen LogP contribution is -2.41. The monoisotopic (exact) mass is 196 g/mol. The van der Waals surface area contributed by atoms with E-state index in [0.717, 1.165) is 0 Å². The molecule has 1 amide bonds. The number of carbonyl (C=O) groups excluding carboxylic acids is 1. The zero-order valence-corrected chi connectivity index (χ0v) is 7.90. The van der Waals surface area contributed by atoms with Crippen LogP contribution >= 0.6 is 0 Å². The Bertz CT molecular complexity index is 188. The fourth-order valence-corrected chi connectivity index (χ4v) is 0.560. The number of hydrogen-bond donors (Lipinski definition) is 3. The highest BCUT2D eigenvalue weighted by molar-refractivity contribution is 7.77. The van der Waals surface area contributed by atoms with Crippen LogP contribution in [0.3, 0.4) is 0 Å². The molecule has 0 aliphatic carbocycles. The molecule has 0 saturated heterocycles. The van der Waals surface area contributed by atoms with Crippen molar-refractivity contribution in [2.45, 2.75) is 26.4 Å². The molecule has 0 aromatic carbocycles. The third kappa shape index (κ3) is 7.45. The molecule has 72 valence electrons. The largest absolute Gasteiger partial charge is 0.443 e. The molecule has 0 spiro atoms. The number of ether oxygens (including phenoxy) is 1. The molecular formula is C5H12N2O4S. The molecule has 1 atom stereocenters. The van der Waals surface area contributed by atoms with E-state index in [4.69, 9.17) is 9.29 Å². The molecule has 6 nitrogen and oxygen atoms in total. The third-order valence-corrected chi connectivity index (χ3v) is 0.916. The van der Waals surface area contributed by atoms with Gasteiger partial charge in [0.1, 0.15) is 5.60 Å². The van der Waals surface area contributed by atoms with E-state index in [-0.39, 0.29) is 0 Å². The van der Waals surface area contributed by atoms with Crippen LogP contribution in [0.4, 0.5) is 4.79 Å². The number of nitrogens with one attached hydrogen (secondary N) is 2. The highest BCUT2D eigenvalue weighted by Gasteiger charge is 2.15. The lowest BCUT2D eigenvalue weighted by Gasteiger charge is -2.19. The number of hydrazine groups is 1. The van der Waals surface area contributed by atoms with E-state index in [0.29, 0.717) is 0 Å². The first-order valence-electron chi connectivity index (χ1n) is 3.17. The molecular weight excluding hydrogens is 184 g/mol. The second kappa shape index (κ2) is 4.39. The zero-order valence-electron chi connectivity index (χ0n) is 7.08. The van der Waals surface area contributed by atoms with Gasteiger partial charge in [0, 0.05) is 0 Å². The smallest absolute Gasteiger partial charge is 0.422 e. The first-order chi connectivity index (χ1) is 5.31. The average Bonchev–Trinajstić information content (AvgIpc) is 1.79. The normalized spacial score (nSPS) is 13.7. The fourth-order valence-electron chi connectivity index (χ4n) is 0.389. The molecule has 0 fully saturated rings. The van der Waals surface area contributed by atoms with Gasteiger partial charge in [-0.3, -0.25) is 4.55 Å². The maximum absolute atomic E-state index is 10.7. The van der Waals surface area contributed by atoms with Crippen LogP contribution in [-0.4, -0.2) is 20.5 Å². The minimum Gasteiger partial charge on any atom is -0.443 e. The van der Waals surface area contributed by atoms with Crippen LogP contribution in [0.25, 0.3) is 0 Å². The Morgan fingerprint density at radius 3 is 2.33 bits per heavy atom. The van der Waals surface area contributed by atoms with Gasteiger partial charge in [-0.1, -0.05) is 0 Å². The van der Waals surface area contributed by atoms with Gasteiger partial charge in [0.25, 0.3) is 11.3 Å². The van der Waals surface area contributed by atoms with Crippen LogP contribution < -0.4 is 10.3 Å². The fraction of sp³-hybridized carbons (Fsp3) is 0.800. The molecule has 0 heterocycles. The van der Waals surface area contributed by atoms with E-state index < -0.39 is 23.0 Å². The van der Waals surface area contributed by atoms with Gasteiger partial charge >= 0.3 is 6.09 Å². The molecule has 0 rings (SSSR count). The number of hydrogen-bond acceptors (Lipinski definition) is 3. The van der Waals surface area contributed by atoms with Gasteiger partial charge in [0.15, 0.2) is 0 Å². The van der Waals surface area contributed by atoms with E-state index in [9.17, 15) is 9.00 Å². The maximum Gasteiger partial charge on any atom is 0.422 e. The summed E-state index contributed by atoms with van der Waals surface area (Å²) < 4.78 is 22.9. The molecule has 0 radical (unpaired) electrons. The van der Waals surface area contributed by atoms with Gasteiger partial charge in [-0.2, -0.15) is 0 Å². The summed E-state index contributed by atoms with van der Waals surface area (Å²) in [5.41, 5.74) is 1.26. The summed E-state index contributed by atoms with van der Waals surface area (Å²) >= 11 is -2.28. The van der Waals surface area contributed by atoms with Gasteiger partial charge in [0.2, 0.25) is 0 Å². The molecule has 7 heteroatoms. The van der Waals surface area contributed by atoms with Gasteiger partial charge in [-0.25, -0.2) is 14.4 Å². The van der Waals surface area contributed by atoms with Crippen LogP contribution in [0.1, 0.15) is 20.8 Å². The first-order valence-corrected chi connectivity index (χ1v) is 4.27. The topological polar surface area (TPSA) is 87.7 Å². The molecule has 0 bridgehead atoms. The quantitative estimate of drug-likeness (QED) is 0.433. The van der Waals surface area contributed by atoms with E-state index in [1.165, 1.54) is 0 Å². The first kappa shape index (κ1) is 11.3. The maximum atomic E-state index is 10.7. The van der Waals surface area contributed by atoms with Crippen molar-refractivity contribution >= 4 is 17.4 Å². The standard InChI is InChI=1S/C5H12N2O4S/c1-5(2,3)11-4(8)6-7-12(9)10/h7H,1-3H3,(H,6,8)(H,9,10). The number of carbonyl (C=O) groups is 1. The minimum absolute atomic E-state index is 0.622. The van der Waals surface area contributed by atoms with Crippen LogP contribution in [0.5, 0.6) is 0 Å². The van der Waals surface area contributed by atoms with Crippen molar-refractivity contribution in [3.63, 3.8) is 0 Å². The van der Waals surface area contributed by atoms with Gasteiger partial charge in [0.05, 0.1) is 0 Å². The Morgan fingerprint density at radius 1 is 1.50 bits per heavy atom. The summed E-state index contributed by atoms with van der Waals surface area (Å²) in [7, 11) is 0. The molecule has 0 aliphatic heterocycles. The summed E-state index contributed by atoms with van der Waals surface area (Å²) in [6.45, 7) is 5.05. The van der Waals surface area contributed by atoms with E-state index in [1.54, 1.807) is 25.6 Å². The highest BCUT2D eigenvalue weighted by atomic mass is 32.2. The molecule has 12 heavy (non-hydrogen) atoms. The van der Waals surface area contributed by atoms with Gasteiger partial charge in [-0.15, -0.1) is 4.83 Å². The van der Waals surface area contributed by atoms with Gasteiger partial charge < -0.3 is 4.74 Å². The van der Waals surface area contributed by atoms with Crippen LogP contribution in [0.15, 0.2) is 0 Å². The SMILES string of the molecule is CC(C)(C)OC(=O)NNS(=O)O. The van der Waals surface area contributed by atoms with Crippen LogP contribution in [0.2, 0.25) is 0 Å². The van der Waals surface area contributed by atoms with E-state index in [2.05, 4.69) is 0 Å². The minimum atomic E-state index is -2.28. The van der Waals surface area contributed by atoms with Crippen molar-refractivity contribution in [1.82, 2.24) is 10.3 Å². The Hall–Kier alpha value is -0.660. The lowest BCUT2D eigenvalue weighted by molar-refractivity contribution is 0.0515. The van der Waals surface area contributed by atoms with Crippen molar-refractivity contribution in [1.29, 1.82) is 0 Å². The summed E-state index contributed by atoms with van der Waals surface area (Å²) in [6.07, 6.45) is -0.801. The summed E-state index contributed by atoms with van der Waals surface area (Å²) in [5, 5.41) is 0. The number of rotatable bonds is 2. The van der Waals surface area contributed by atoms with Crippen molar-refractivity contribution in [3.05, 3.63) is 0 Å². The van der Waals surface area contributed by atoms with Gasteiger partial charge in [-0.05, 0) is 20.8 Å². The number of amides is 1. The molecule has 0 aromatic rings. The second-order valence-corrected chi connectivity index (χ2v) is 3.68. The Balaban J connectivity index is 3.68. The predicted octanol–water partition coefficient (Wildman–Crippen LogP) is 0.152. The van der Waals surface area contributed by atoms with Crippen molar-refractivity contribution in [2.24, 2.45) is 0 Å². The summed E-state index contributed by atoms with van der Waals surface area (Å²) in [4.78, 5) is 12.5. The van der Waals surface area contributed by atoms with Crippen LogP contribution in [-0.2, 0) is 16.0 Å². The second-order valence-electron chi connectivity index (χ2n) is 2.98. The van der Waals surface area contributed by atoms with E-state index in [1.807, 2.05) is 5.43 Å². The average molecular weight is 196 g/mol.